The third-order valence-electron chi connectivity index (χ3n) is 7.21. The Morgan fingerprint density at radius 1 is 0.610 bits per heavy atom. The number of nitrogens with two attached hydrogens (primary N) is 1. The van der Waals surface area contributed by atoms with E-state index in [1.165, 1.54) is 17.7 Å². The first kappa shape index (κ1) is 34.9. The maximum absolute atomic E-state index is 13.7. The van der Waals surface area contributed by atoms with Gasteiger partial charge in [-0.3, -0.25) is 0 Å². The van der Waals surface area contributed by atoms with E-state index in [-0.39, 0.29) is 31.6 Å². The van der Waals surface area contributed by atoms with Gasteiger partial charge < -0.3 is 20.7 Å². The highest BCUT2D eigenvalue weighted by Crippen LogP contribution is 2.37. The van der Waals surface area contributed by atoms with Gasteiger partial charge in [0.05, 0.1) is 30.9 Å². The summed E-state index contributed by atoms with van der Waals surface area (Å²) in [5, 5.41) is 18.6. The quantitative estimate of drug-likeness (QED) is 0.116. The normalized spacial score (nSPS) is 12.6. The Labute approximate surface area is 238 Å². The first-order valence-electron chi connectivity index (χ1n) is 14.3. The largest absolute Gasteiger partial charge is 0.493 e. The molecule has 0 aromatic heterocycles. The molecule has 0 bridgehead atoms. The van der Waals surface area contributed by atoms with Crippen LogP contribution in [0.15, 0.2) is 42.5 Å². The molecule has 232 valence electrons. The average Bonchev–Trinajstić information content (AvgIpc) is 2.93. The predicted molar refractivity (Wildman–Crippen MR) is 148 cm³/mol. The molecule has 0 saturated carbocycles. The minimum Gasteiger partial charge on any atom is -0.493 e. The Balaban J connectivity index is 1.71. The maximum Gasteiger partial charge on any atom is 0.419 e. The molecule has 41 heavy (non-hydrogen) atoms. The van der Waals surface area contributed by atoms with Crippen molar-refractivity contribution in [3.05, 3.63) is 64.7 Å². The molecule has 0 saturated heterocycles. The Morgan fingerprint density at radius 3 is 1.66 bits per heavy atom. The number of unbranched alkanes of at least 4 members (excludes halogenated alkanes) is 6. The second kappa shape index (κ2) is 17.0. The lowest BCUT2D eigenvalue weighted by molar-refractivity contribution is -0.139. The average molecular weight is 592 g/mol. The molecule has 0 aliphatic rings. The lowest BCUT2D eigenvalue weighted by Gasteiger charge is -2.24. The van der Waals surface area contributed by atoms with Crippen LogP contribution in [0.25, 0.3) is 0 Å². The monoisotopic (exact) mass is 591 g/mol. The molecule has 0 fully saturated rings. The molecule has 0 amide bonds. The van der Waals surface area contributed by atoms with Crippen LogP contribution in [0.2, 0.25) is 0 Å². The summed E-state index contributed by atoms with van der Waals surface area (Å²) in [7, 11) is 0. The molecule has 0 atom stereocenters. The van der Waals surface area contributed by atoms with Gasteiger partial charge >= 0.3 is 12.4 Å². The zero-order valence-electron chi connectivity index (χ0n) is 23.5. The smallest absolute Gasteiger partial charge is 0.419 e. The molecule has 0 heterocycles. The van der Waals surface area contributed by atoms with Crippen LogP contribution < -0.4 is 10.5 Å². The van der Waals surface area contributed by atoms with Crippen molar-refractivity contribution in [1.82, 2.24) is 0 Å². The van der Waals surface area contributed by atoms with Gasteiger partial charge in [0.2, 0.25) is 0 Å². The van der Waals surface area contributed by atoms with Crippen LogP contribution in [0.3, 0.4) is 0 Å². The van der Waals surface area contributed by atoms with Crippen LogP contribution in [0.4, 0.5) is 26.3 Å². The molecule has 4 N–H and O–H groups in total. The lowest BCUT2D eigenvalue weighted by Crippen LogP contribution is -2.47. The Kier molecular flexibility index (Phi) is 14.4. The first-order chi connectivity index (χ1) is 19.3. The second-order valence-electron chi connectivity index (χ2n) is 10.9. The van der Waals surface area contributed by atoms with Gasteiger partial charge in [-0.25, -0.2) is 0 Å². The number of benzene rings is 2. The second-order valence-corrected chi connectivity index (χ2v) is 10.9. The Morgan fingerprint density at radius 2 is 1.12 bits per heavy atom. The van der Waals surface area contributed by atoms with Gasteiger partial charge in [0.25, 0.3) is 0 Å². The number of ether oxygens (including phenoxy) is 1. The van der Waals surface area contributed by atoms with Crippen LogP contribution in [-0.2, 0) is 25.4 Å². The van der Waals surface area contributed by atoms with E-state index in [2.05, 4.69) is 12.1 Å². The van der Waals surface area contributed by atoms with Crippen LogP contribution in [-0.4, -0.2) is 41.7 Å². The van der Waals surface area contributed by atoms with Gasteiger partial charge in [-0.15, -0.1) is 0 Å². The molecule has 2 rings (SSSR count). The minimum absolute atomic E-state index is 0.126. The highest BCUT2D eigenvalue weighted by atomic mass is 19.4. The summed E-state index contributed by atoms with van der Waals surface area (Å²) in [6.07, 6.45) is -1.20. The summed E-state index contributed by atoms with van der Waals surface area (Å²) in [5.74, 6) is -0.235. The third kappa shape index (κ3) is 13.9. The Hall–Kier alpha value is -2.30. The maximum atomic E-state index is 13.7. The van der Waals surface area contributed by atoms with Gasteiger partial charge in [-0.1, -0.05) is 62.4 Å². The zero-order chi connectivity index (χ0) is 30.4. The van der Waals surface area contributed by atoms with Crippen molar-refractivity contribution in [2.45, 2.75) is 101 Å². The number of aliphatic hydroxyl groups excluding tert-OH is 2. The summed E-state index contributed by atoms with van der Waals surface area (Å²) in [5.41, 5.74) is 6.37. The number of hydrogen-bond donors (Lipinski definition) is 3. The highest BCUT2D eigenvalue weighted by molar-refractivity contribution is 5.39. The van der Waals surface area contributed by atoms with E-state index in [9.17, 15) is 36.6 Å². The summed E-state index contributed by atoms with van der Waals surface area (Å²) in [6.45, 7) is -0.816. The van der Waals surface area contributed by atoms with Crippen LogP contribution in [0.5, 0.6) is 5.75 Å². The molecule has 0 aliphatic heterocycles. The van der Waals surface area contributed by atoms with E-state index in [1.54, 1.807) is 0 Å². The van der Waals surface area contributed by atoms with E-state index in [1.807, 2.05) is 12.1 Å². The molecule has 2 aromatic rings. The van der Waals surface area contributed by atoms with Crippen LogP contribution >= 0.6 is 0 Å². The van der Waals surface area contributed by atoms with Gasteiger partial charge in [-0.05, 0) is 73.8 Å². The molecular formula is C31H43F6NO3. The zero-order valence-corrected chi connectivity index (χ0v) is 23.5. The van der Waals surface area contributed by atoms with Crippen molar-refractivity contribution < 1.29 is 41.3 Å². The van der Waals surface area contributed by atoms with Crippen molar-refractivity contribution in [2.75, 3.05) is 19.8 Å². The lowest BCUT2D eigenvalue weighted by atomic mass is 9.93. The topological polar surface area (TPSA) is 75.7 Å². The molecule has 0 spiro atoms. The van der Waals surface area contributed by atoms with Crippen molar-refractivity contribution in [3.8, 4) is 5.75 Å². The predicted octanol–water partition coefficient (Wildman–Crippen LogP) is 7.56. The Bertz CT molecular complexity index is 1000. The third-order valence-corrected chi connectivity index (χ3v) is 7.21. The van der Waals surface area contributed by atoms with Crippen molar-refractivity contribution >= 4 is 0 Å². The molecule has 0 radical (unpaired) electrons. The fraction of sp³-hybridized carbons (Fsp3) is 0.613. The molecule has 0 aliphatic carbocycles. The summed E-state index contributed by atoms with van der Waals surface area (Å²) in [4.78, 5) is 0. The number of rotatable bonds is 19. The fourth-order valence-corrected chi connectivity index (χ4v) is 4.55. The van der Waals surface area contributed by atoms with Gasteiger partial charge in [0.1, 0.15) is 5.75 Å². The van der Waals surface area contributed by atoms with Crippen molar-refractivity contribution in [3.63, 3.8) is 0 Å². The van der Waals surface area contributed by atoms with Crippen LogP contribution in [0.1, 0.15) is 86.5 Å². The van der Waals surface area contributed by atoms with E-state index < -0.39 is 43.1 Å². The fourth-order valence-electron chi connectivity index (χ4n) is 4.55. The molecular weight excluding hydrogens is 548 g/mol. The molecule has 4 nitrogen and oxygen atoms in total. The number of aliphatic hydroxyl groups is 2. The van der Waals surface area contributed by atoms with E-state index in [4.69, 9.17) is 10.5 Å². The summed E-state index contributed by atoms with van der Waals surface area (Å²) >= 11 is 0. The number of aryl methyl sites for hydroxylation is 3. The molecule has 10 heteroatoms. The van der Waals surface area contributed by atoms with Crippen molar-refractivity contribution in [2.24, 2.45) is 5.73 Å². The minimum atomic E-state index is -4.59. The number of halogens is 6. The summed E-state index contributed by atoms with van der Waals surface area (Å²) < 4.78 is 82.9. The first-order valence-corrected chi connectivity index (χ1v) is 14.3. The van der Waals surface area contributed by atoms with E-state index in [0.717, 1.165) is 50.2 Å². The summed E-state index contributed by atoms with van der Waals surface area (Å²) in [6, 6.07) is 12.0. The molecule has 0 unspecified atom stereocenters. The highest BCUT2D eigenvalue weighted by Gasteiger charge is 2.35. The van der Waals surface area contributed by atoms with Crippen LogP contribution in [0, 0.1) is 0 Å². The van der Waals surface area contributed by atoms with Gasteiger partial charge in [0.15, 0.2) is 0 Å². The van der Waals surface area contributed by atoms with Gasteiger partial charge in [-0.2, -0.15) is 26.3 Å². The standard InChI is InChI=1S/C31H43F6NO3/c32-30(33,34)18-7-5-3-1-2-4-6-9-24-11-13-25(14-12-24)10-8-20-41-28-16-15-26(21-27(28)31(35,36)37)17-19-29(38,22-39)23-40/h11-16,21,39-40H,1-10,17-20,22-23,38H2. The van der Waals surface area contributed by atoms with E-state index >= 15 is 0 Å². The SMILES string of the molecule is NC(CO)(CO)CCc1ccc(OCCCc2ccc(CCCCCCCCCC(F)(F)F)cc2)c(C(F)(F)F)c1. The van der Waals surface area contributed by atoms with E-state index in [0.29, 0.717) is 24.8 Å². The van der Waals surface area contributed by atoms with Gasteiger partial charge in [0, 0.05) is 6.42 Å². The number of alkyl halides is 6. The van der Waals surface area contributed by atoms with Crippen molar-refractivity contribution in [1.29, 1.82) is 0 Å². The molecule has 2 aromatic carbocycles. The number of hydrogen-bond acceptors (Lipinski definition) is 4.